The van der Waals surface area contributed by atoms with Crippen LogP contribution in [0, 0.1) is 24.1 Å². The number of ether oxygens (including phenoxy) is 3. The second-order valence-corrected chi connectivity index (χ2v) is 12.8. The summed E-state index contributed by atoms with van der Waals surface area (Å²) in [5.74, 6) is 0.930. The first-order valence-corrected chi connectivity index (χ1v) is 16.2. The van der Waals surface area contributed by atoms with Gasteiger partial charge in [-0.05, 0) is 91.6 Å². The van der Waals surface area contributed by atoms with Crippen LogP contribution in [0.3, 0.4) is 0 Å². The van der Waals surface area contributed by atoms with Crippen LogP contribution < -0.4 is 14.2 Å². The Bertz CT molecular complexity index is 1810. The summed E-state index contributed by atoms with van der Waals surface area (Å²) in [5, 5.41) is 18.7. The van der Waals surface area contributed by atoms with Crippen molar-refractivity contribution in [2.75, 3.05) is 32.8 Å². The summed E-state index contributed by atoms with van der Waals surface area (Å²) in [6, 6.07) is 21.2. The predicted molar refractivity (Wildman–Crippen MR) is 185 cm³/mol. The number of aromatic nitrogens is 1. The molecule has 0 atom stereocenters. The molecule has 0 unspecified atom stereocenters. The van der Waals surface area contributed by atoms with Gasteiger partial charge in [-0.1, -0.05) is 29.8 Å². The molecule has 0 bridgehead atoms. The van der Waals surface area contributed by atoms with Crippen molar-refractivity contribution >= 4 is 23.6 Å². The largest absolute Gasteiger partial charge is 0.487 e. The van der Waals surface area contributed by atoms with Crippen LogP contribution in [-0.2, 0) is 17.9 Å². The number of halogens is 2. The molecule has 0 radical (unpaired) electrons. The lowest BCUT2D eigenvalue weighted by Crippen LogP contribution is -2.47. The number of hydrogen-bond donors (Lipinski definition) is 1. The summed E-state index contributed by atoms with van der Waals surface area (Å²) in [6.07, 6.45) is 4.85. The number of nitriles is 1. The molecule has 1 aromatic heterocycles. The van der Waals surface area contributed by atoms with Gasteiger partial charge in [-0.3, -0.25) is 9.69 Å². The van der Waals surface area contributed by atoms with Gasteiger partial charge >= 0.3 is 0 Å². The molecule has 1 aliphatic rings. The molecule has 1 amide bonds. The average molecular weight is 685 g/mol. The third-order valence-electron chi connectivity index (χ3n) is 7.93. The lowest BCUT2D eigenvalue weighted by Gasteiger charge is -2.34. The molecule has 1 saturated heterocycles. The van der Waals surface area contributed by atoms with E-state index in [0.717, 1.165) is 22.3 Å². The van der Waals surface area contributed by atoms with E-state index in [1.807, 2.05) is 31.2 Å². The van der Waals surface area contributed by atoms with Gasteiger partial charge in [0.2, 0.25) is 11.8 Å². The number of carbonyl (C=O) groups is 1. The van der Waals surface area contributed by atoms with Crippen molar-refractivity contribution < 1.29 is 28.5 Å². The van der Waals surface area contributed by atoms with Crippen LogP contribution in [0.4, 0.5) is 4.39 Å². The van der Waals surface area contributed by atoms with E-state index in [4.69, 9.17) is 31.1 Å². The SMILES string of the molecule is Cc1cc(C=CC(=O)N2CCN(Cc3ccc(OC(C)(C)CO)c(F)c3)CC2)cc(Cl)c1Oc1ccc(OCc2ccc(C#N)cc2)cn1. The van der Waals surface area contributed by atoms with E-state index in [-0.39, 0.29) is 18.3 Å². The van der Waals surface area contributed by atoms with Crippen molar-refractivity contribution in [1.29, 1.82) is 5.26 Å². The van der Waals surface area contributed by atoms with Gasteiger partial charge in [0.05, 0.1) is 29.5 Å². The summed E-state index contributed by atoms with van der Waals surface area (Å²) < 4.78 is 32.0. The Labute approximate surface area is 290 Å². The van der Waals surface area contributed by atoms with Gasteiger partial charge < -0.3 is 24.2 Å². The molecule has 11 heteroatoms. The second-order valence-electron chi connectivity index (χ2n) is 12.4. The molecule has 0 aliphatic carbocycles. The van der Waals surface area contributed by atoms with Gasteiger partial charge in [-0.2, -0.15) is 5.26 Å². The van der Waals surface area contributed by atoms with Gasteiger partial charge in [-0.25, -0.2) is 9.37 Å². The molecule has 1 N–H and O–H groups in total. The van der Waals surface area contributed by atoms with E-state index >= 15 is 0 Å². The van der Waals surface area contributed by atoms with Crippen molar-refractivity contribution in [3.05, 3.63) is 118 Å². The quantitative estimate of drug-likeness (QED) is 0.160. The van der Waals surface area contributed by atoms with Crippen molar-refractivity contribution in [3.63, 3.8) is 0 Å². The van der Waals surface area contributed by atoms with Crippen LogP contribution >= 0.6 is 11.6 Å². The third-order valence-corrected chi connectivity index (χ3v) is 8.21. The van der Waals surface area contributed by atoms with E-state index in [9.17, 15) is 14.3 Å². The number of nitrogens with zero attached hydrogens (tertiary/aromatic N) is 4. The number of carbonyl (C=O) groups excluding carboxylic acids is 1. The normalized spacial score (nSPS) is 13.7. The van der Waals surface area contributed by atoms with E-state index < -0.39 is 11.4 Å². The fraction of sp³-hybridized carbons (Fsp3) is 0.289. The maximum Gasteiger partial charge on any atom is 0.246 e. The predicted octanol–water partition coefficient (Wildman–Crippen LogP) is 6.93. The molecule has 254 valence electrons. The van der Waals surface area contributed by atoms with Crippen LogP contribution in [0.15, 0.2) is 79.0 Å². The molecule has 3 aromatic carbocycles. The molecule has 0 saturated carbocycles. The molecular formula is C38H38ClFN4O5. The lowest BCUT2D eigenvalue weighted by molar-refractivity contribution is -0.127. The van der Waals surface area contributed by atoms with Gasteiger partial charge in [0.1, 0.15) is 18.0 Å². The van der Waals surface area contributed by atoms with Gasteiger partial charge in [0.15, 0.2) is 17.3 Å². The average Bonchev–Trinajstić information content (AvgIpc) is 3.10. The van der Waals surface area contributed by atoms with E-state index in [2.05, 4.69) is 16.0 Å². The molecule has 1 aliphatic heterocycles. The molecule has 2 heterocycles. The fourth-order valence-corrected chi connectivity index (χ4v) is 5.47. The summed E-state index contributed by atoms with van der Waals surface area (Å²) >= 11 is 6.58. The summed E-state index contributed by atoms with van der Waals surface area (Å²) in [7, 11) is 0. The van der Waals surface area contributed by atoms with Crippen molar-refractivity contribution in [2.24, 2.45) is 0 Å². The first-order valence-electron chi connectivity index (χ1n) is 15.9. The molecular weight excluding hydrogens is 647 g/mol. The topological polar surface area (TPSA) is 108 Å². The van der Waals surface area contributed by atoms with Crippen molar-refractivity contribution in [3.8, 4) is 29.2 Å². The maximum absolute atomic E-state index is 14.6. The van der Waals surface area contributed by atoms with Crippen LogP contribution in [0.2, 0.25) is 5.02 Å². The summed E-state index contributed by atoms with van der Waals surface area (Å²) in [6.45, 7) is 8.35. The monoisotopic (exact) mass is 684 g/mol. The minimum atomic E-state index is -0.874. The Morgan fingerprint density at radius 1 is 1.06 bits per heavy atom. The number of amides is 1. The zero-order valence-electron chi connectivity index (χ0n) is 27.7. The molecule has 1 fully saturated rings. The van der Waals surface area contributed by atoms with Crippen LogP contribution in [0.5, 0.6) is 23.1 Å². The highest BCUT2D eigenvalue weighted by Crippen LogP contribution is 2.34. The number of aliphatic hydroxyl groups excluding tert-OH is 1. The van der Waals surface area contributed by atoms with E-state index in [1.165, 1.54) is 6.07 Å². The molecule has 49 heavy (non-hydrogen) atoms. The summed E-state index contributed by atoms with van der Waals surface area (Å²) in [4.78, 5) is 21.3. The minimum Gasteiger partial charge on any atom is -0.487 e. The Morgan fingerprint density at radius 2 is 1.80 bits per heavy atom. The highest BCUT2D eigenvalue weighted by molar-refractivity contribution is 6.32. The maximum atomic E-state index is 14.6. The smallest absolute Gasteiger partial charge is 0.246 e. The molecule has 5 rings (SSSR count). The first kappa shape index (κ1) is 35.4. The van der Waals surface area contributed by atoms with Crippen LogP contribution in [0.25, 0.3) is 6.08 Å². The minimum absolute atomic E-state index is 0.0986. The Hall–Kier alpha value is -4.95. The Kier molecular flexibility index (Phi) is 11.5. The second kappa shape index (κ2) is 16.0. The molecule has 0 spiro atoms. The zero-order valence-corrected chi connectivity index (χ0v) is 28.4. The van der Waals surface area contributed by atoms with Crippen molar-refractivity contribution in [2.45, 2.75) is 39.5 Å². The zero-order chi connectivity index (χ0) is 35.0. The first-order chi connectivity index (χ1) is 23.5. The Balaban J connectivity index is 1.10. The van der Waals surface area contributed by atoms with E-state index in [1.54, 1.807) is 73.5 Å². The fourth-order valence-electron chi connectivity index (χ4n) is 5.16. The number of benzene rings is 3. The number of hydrogen-bond acceptors (Lipinski definition) is 8. The number of pyridine rings is 1. The van der Waals surface area contributed by atoms with Crippen molar-refractivity contribution in [1.82, 2.24) is 14.8 Å². The Morgan fingerprint density at radius 3 is 2.43 bits per heavy atom. The van der Waals surface area contributed by atoms with E-state index in [0.29, 0.717) is 67.3 Å². The number of rotatable bonds is 12. The number of aryl methyl sites for hydroxylation is 1. The summed E-state index contributed by atoms with van der Waals surface area (Å²) in [5.41, 5.74) is 3.01. The number of piperazine rings is 1. The van der Waals surface area contributed by atoms with Gasteiger partial charge in [-0.15, -0.1) is 0 Å². The van der Waals surface area contributed by atoms with Crippen LogP contribution in [-0.4, -0.2) is 64.2 Å². The highest BCUT2D eigenvalue weighted by Gasteiger charge is 2.22. The lowest BCUT2D eigenvalue weighted by atomic mass is 10.1. The van der Waals surface area contributed by atoms with Gasteiger partial charge in [0.25, 0.3) is 0 Å². The standard InChI is InChI=1S/C38H38ClFN4O5/c1-26-18-29(19-32(39)37(26)48-35-12-10-31(22-42-35)47-24-28-6-4-27(21-41)5-7-28)9-13-36(46)44-16-14-43(15-17-44)23-30-8-11-34(33(40)20-30)49-38(2,3)25-45/h4-13,18-20,22,45H,14-17,23-25H2,1-3H3. The third kappa shape index (κ3) is 9.80. The van der Waals surface area contributed by atoms with Gasteiger partial charge in [0, 0.05) is 44.9 Å². The molecule has 9 nitrogen and oxygen atoms in total. The molecule has 4 aromatic rings. The highest BCUT2D eigenvalue weighted by atomic mass is 35.5. The van der Waals surface area contributed by atoms with Crippen LogP contribution in [0.1, 0.15) is 41.7 Å². The number of aliphatic hydroxyl groups is 1.